The van der Waals surface area contributed by atoms with Crippen molar-refractivity contribution < 1.29 is 13.2 Å². The Labute approximate surface area is 122 Å². The van der Waals surface area contributed by atoms with E-state index in [1.54, 1.807) is 18.2 Å². The van der Waals surface area contributed by atoms with E-state index in [2.05, 4.69) is 12.2 Å². The van der Waals surface area contributed by atoms with Crippen molar-refractivity contribution in [1.29, 1.82) is 0 Å². The molecule has 0 bridgehead atoms. The standard InChI is InChI=1S/C17H18F3N/c1-12(21-2)11-13-7-9-14(10-8-13)15-5-3-4-6-16(15)17(18,19)20/h3-10,12,21H,11H2,1-2H3. The normalized spacial score (nSPS) is 13.2. The van der Waals surface area contributed by atoms with Crippen molar-refractivity contribution >= 4 is 0 Å². The zero-order valence-electron chi connectivity index (χ0n) is 12.0. The molecule has 1 atom stereocenters. The van der Waals surface area contributed by atoms with Gasteiger partial charge in [-0.15, -0.1) is 0 Å². The monoisotopic (exact) mass is 293 g/mol. The van der Waals surface area contributed by atoms with Crippen LogP contribution in [0.15, 0.2) is 48.5 Å². The molecular formula is C17H18F3N. The van der Waals surface area contributed by atoms with E-state index < -0.39 is 11.7 Å². The Bertz CT molecular complexity index is 588. The predicted molar refractivity (Wildman–Crippen MR) is 79.1 cm³/mol. The number of halogens is 3. The molecule has 0 aliphatic carbocycles. The first-order valence-electron chi connectivity index (χ1n) is 6.84. The van der Waals surface area contributed by atoms with Gasteiger partial charge in [0.2, 0.25) is 0 Å². The topological polar surface area (TPSA) is 12.0 Å². The molecule has 1 unspecified atom stereocenters. The molecule has 2 aromatic carbocycles. The van der Waals surface area contributed by atoms with Gasteiger partial charge < -0.3 is 5.32 Å². The van der Waals surface area contributed by atoms with Gasteiger partial charge in [0.05, 0.1) is 5.56 Å². The van der Waals surface area contributed by atoms with Gasteiger partial charge in [-0.05, 0) is 43.1 Å². The molecule has 1 nitrogen and oxygen atoms in total. The lowest BCUT2D eigenvalue weighted by Crippen LogP contribution is -2.23. The molecule has 0 aliphatic heterocycles. The molecule has 2 rings (SSSR count). The largest absolute Gasteiger partial charge is 0.417 e. The summed E-state index contributed by atoms with van der Waals surface area (Å²) in [5.74, 6) is 0. The lowest BCUT2D eigenvalue weighted by atomic mass is 9.97. The fourth-order valence-electron chi connectivity index (χ4n) is 2.26. The van der Waals surface area contributed by atoms with Gasteiger partial charge in [-0.25, -0.2) is 0 Å². The summed E-state index contributed by atoms with van der Waals surface area (Å²) in [6, 6.07) is 13.3. The van der Waals surface area contributed by atoms with Crippen LogP contribution in [0.4, 0.5) is 13.2 Å². The Hall–Kier alpha value is -1.81. The van der Waals surface area contributed by atoms with Gasteiger partial charge in [0.1, 0.15) is 0 Å². The number of nitrogens with one attached hydrogen (secondary N) is 1. The van der Waals surface area contributed by atoms with Crippen LogP contribution in [-0.2, 0) is 12.6 Å². The maximum absolute atomic E-state index is 13.0. The summed E-state index contributed by atoms with van der Waals surface area (Å²) in [5.41, 5.74) is 1.31. The first-order valence-corrected chi connectivity index (χ1v) is 6.84. The molecule has 112 valence electrons. The van der Waals surface area contributed by atoms with E-state index in [0.29, 0.717) is 11.6 Å². The van der Waals surface area contributed by atoms with Gasteiger partial charge in [0.15, 0.2) is 0 Å². The van der Waals surface area contributed by atoms with E-state index in [4.69, 9.17) is 0 Å². The van der Waals surface area contributed by atoms with Crippen molar-refractivity contribution in [3.63, 3.8) is 0 Å². The Balaban J connectivity index is 2.31. The average Bonchev–Trinajstić information content (AvgIpc) is 2.47. The van der Waals surface area contributed by atoms with Gasteiger partial charge >= 0.3 is 6.18 Å². The van der Waals surface area contributed by atoms with Crippen LogP contribution in [0.25, 0.3) is 11.1 Å². The van der Waals surface area contributed by atoms with Crippen LogP contribution in [0.5, 0.6) is 0 Å². The number of likely N-dealkylation sites (N-methyl/N-ethyl adjacent to an activating group) is 1. The number of rotatable bonds is 4. The van der Waals surface area contributed by atoms with E-state index in [0.717, 1.165) is 18.1 Å². The molecular weight excluding hydrogens is 275 g/mol. The minimum Gasteiger partial charge on any atom is -0.317 e. The van der Waals surface area contributed by atoms with Gasteiger partial charge in [-0.2, -0.15) is 13.2 Å². The highest BCUT2D eigenvalue weighted by Gasteiger charge is 2.33. The van der Waals surface area contributed by atoms with Crippen LogP contribution in [-0.4, -0.2) is 13.1 Å². The lowest BCUT2D eigenvalue weighted by molar-refractivity contribution is -0.137. The van der Waals surface area contributed by atoms with Crippen molar-refractivity contribution in [1.82, 2.24) is 5.32 Å². The summed E-state index contributed by atoms with van der Waals surface area (Å²) >= 11 is 0. The van der Waals surface area contributed by atoms with Crippen LogP contribution in [0, 0.1) is 0 Å². The molecule has 0 saturated carbocycles. The van der Waals surface area contributed by atoms with Crippen molar-refractivity contribution in [2.75, 3.05) is 7.05 Å². The van der Waals surface area contributed by atoms with E-state index in [1.165, 1.54) is 12.1 Å². The third kappa shape index (κ3) is 3.85. The Morgan fingerprint density at radius 1 is 1.00 bits per heavy atom. The fraction of sp³-hybridized carbons (Fsp3) is 0.294. The maximum Gasteiger partial charge on any atom is 0.417 e. The van der Waals surface area contributed by atoms with Crippen molar-refractivity contribution in [2.24, 2.45) is 0 Å². The minimum atomic E-state index is -4.34. The van der Waals surface area contributed by atoms with Crippen LogP contribution < -0.4 is 5.32 Å². The molecule has 0 fully saturated rings. The summed E-state index contributed by atoms with van der Waals surface area (Å²) in [5, 5.41) is 3.14. The third-order valence-corrected chi connectivity index (χ3v) is 3.53. The summed E-state index contributed by atoms with van der Waals surface area (Å²) in [7, 11) is 1.89. The first-order chi connectivity index (χ1) is 9.91. The molecule has 2 aromatic rings. The number of hydrogen-bond donors (Lipinski definition) is 1. The van der Waals surface area contributed by atoms with Crippen LogP contribution in [0.1, 0.15) is 18.1 Å². The summed E-state index contributed by atoms with van der Waals surface area (Å²) < 4.78 is 39.1. The Kier molecular flexibility index (Phi) is 4.68. The van der Waals surface area contributed by atoms with Gasteiger partial charge in [-0.1, -0.05) is 42.5 Å². The molecule has 1 N–H and O–H groups in total. The smallest absolute Gasteiger partial charge is 0.317 e. The second kappa shape index (κ2) is 6.31. The second-order valence-corrected chi connectivity index (χ2v) is 5.13. The van der Waals surface area contributed by atoms with Crippen LogP contribution in [0.3, 0.4) is 0 Å². The fourth-order valence-corrected chi connectivity index (χ4v) is 2.26. The number of benzene rings is 2. The number of alkyl halides is 3. The van der Waals surface area contributed by atoms with Gasteiger partial charge in [-0.3, -0.25) is 0 Å². The van der Waals surface area contributed by atoms with Crippen LogP contribution in [0.2, 0.25) is 0 Å². The molecule has 0 heterocycles. The third-order valence-electron chi connectivity index (χ3n) is 3.53. The number of hydrogen-bond acceptors (Lipinski definition) is 1. The molecule has 0 radical (unpaired) electrons. The quantitative estimate of drug-likeness (QED) is 0.873. The highest BCUT2D eigenvalue weighted by Crippen LogP contribution is 2.36. The molecule has 0 saturated heterocycles. The molecule has 0 aromatic heterocycles. The molecule has 0 aliphatic rings. The molecule has 0 amide bonds. The van der Waals surface area contributed by atoms with E-state index in [1.807, 2.05) is 19.2 Å². The van der Waals surface area contributed by atoms with Gasteiger partial charge in [0.25, 0.3) is 0 Å². The van der Waals surface area contributed by atoms with E-state index in [9.17, 15) is 13.2 Å². The second-order valence-electron chi connectivity index (χ2n) is 5.13. The lowest BCUT2D eigenvalue weighted by Gasteiger charge is -2.14. The zero-order valence-corrected chi connectivity index (χ0v) is 12.0. The summed E-state index contributed by atoms with van der Waals surface area (Å²) in [6.45, 7) is 2.06. The molecule has 4 heteroatoms. The highest BCUT2D eigenvalue weighted by molar-refractivity contribution is 5.68. The Morgan fingerprint density at radius 2 is 1.62 bits per heavy atom. The first kappa shape index (κ1) is 15.6. The van der Waals surface area contributed by atoms with Crippen molar-refractivity contribution in [3.8, 4) is 11.1 Å². The zero-order chi connectivity index (χ0) is 15.5. The predicted octanol–water partition coefficient (Wildman–Crippen LogP) is 4.52. The van der Waals surface area contributed by atoms with Crippen molar-refractivity contribution in [2.45, 2.75) is 25.6 Å². The van der Waals surface area contributed by atoms with Gasteiger partial charge in [0, 0.05) is 6.04 Å². The van der Waals surface area contributed by atoms with Crippen LogP contribution >= 0.6 is 0 Å². The average molecular weight is 293 g/mol. The van der Waals surface area contributed by atoms with Crippen molar-refractivity contribution in [3.05, 3.63) is 59.7 Å². The maximum atomic E-state index is 13.0. The Morgan fingerprint density at radius 3 is 2.19 bits per heavy atom. The summed E-state index contributed by atoms with van der Waals surface area (Å²) in [4.78, 5) is 0. The minimum absolute atomic E-state index is 0.221. The summed E-state index contributed by atoms with van der Waals surface area (Å²) in [6.07, 6.45) is -3.49. The molecule has 0 spiro atoms. The SMILES string of the molecule is CNC(C)Cc1ccc(-c2ccccc2C(F)(F)F)cc1. The van der Waals surface area contributed by atoms with E-state index >= 15 is 0 Å². The highest BCUT2D eigenvalue weighted by atomic mass is 19.4. The molecule has 21 heavy (non-hydrogen) atoms. The van der Waals surface area contributed by atoms with E-state index in [-0.39, 0.29) is 5.56 Å².